The summed E-state index contributed by atoms with van der Waals surface area (Å²) in [6.45, 7) is 5.84. The third-order valence-electron chi connectivity index (χ3n) is 4.49. The topological polar surface area (TPSA) is 79.5 Å². The lowest BCUT2D eigenvalue weighted by Crippen LogP contribution is -2.49. The van der Waals surface area contributed by atoms with E-state index in [1.54, 1.807) is 0 Å². The molecule has 7 nitrogen and oxygen atoms in total. The van der Waals surface area contributed by atoms with Crippen molar-refractivity contribution in [1.82, 2.24) is 19.4 Å². The fourth-order valence-electron chi connectivity index (χ4n) is 2.85. The Hall–Kier alpha value is -1.19. The van der Waals surface area contributed by atoms with E-state index < -0.39 is 10.0 Å². The van der Waals surface area contributed by atoms with Crippen LogP contribution in [0.3, 0.4) is 0 Å². The molecule has 142 valence electrons. The first-order valence-corrected chi connectivity index (χ1v) is 10.5. The van der Waals surface area contributed by atoms with E-state index in [2.05, 4.69) is 15.1 Å². The lowest BCUT2D eigenvalue weighted by molar-refractivity contribution is 0.128. The number of aromatic nitrogens is 2. The molecule has 1 aliphatic rings. The summed E-state index contributed by atoms with van der Waals surface area (Å²) in [4.78, 5) is 2.28. The summed E-state index contributed by atoms with van der Waals surface area (Å²) in [7, 11) is -3.60. The van der Waals surface area contributed by atoms with Crippen LogP contribution >= 0.6 is 23.2 Å². The van der Waals surface area contributed by atoms with Crippen LogP contribution in [-0.4, -0.2) is 54.0 Å². The molecule has 1 aliphatic heterocycles. The van der Waals surface area contributed by atoms with E-state index in [-0.39, 0.29) is 16.0 Å². The zero-order valence-electron chi connectivity index (χ0n) is 14.5. The van der Waals surface area contributed by atoms with E-state index in [4.69, 9.17) is 27.6 Å². The van der Waals surface area contributed by atoms with Gasteiger partial charge < -0.3 is 4.42 Å². The molecule has 1 fully saturated rings. The highest BCUT2D eigenvalue weighted by molar-refractivity contribution is 7.89. The molecule has 0 saturated carbocycles. The number of hydrogen-bond donors (Lipinski definition) is 0. The van der Waals surface area contributed by atoms with Gasteiger partial charge in [0.25, 0.3) is 0 Å². The predicted octanol–water partition coefficient (Wildman–Crippen LogP) is 3.01. The third kappa shape index (κ3) is 3.89. The molecule has 0 aliphatic carbocycles. The number of halogens is 2. The fraction of sp³-hybridized carbons (Fsp3) is 0.500. The highest BCUT2D eigenvalue weighted by atomic mass is 35.5. The second-order valence-corrected chi connectivity index (χ2v) is 8.83. The Morgan fingerprint density at radius 2 is 1.85 bits per heavy atom. The third-order valence-corrected chi connectivity index (χ3v) is 7.13. The lowest BCUT2D eigenvalue weighted by atomic mass is 10.2. The summed E-state index contributed by atoms with van der Waals surface area (Å²) in [5, 5.41) is 8.62. The summed E-state index contributed by atoms with van der Waals surface area (Å²) < 4.78 is 32.7. The highest BCUT2D eigenvalue weighted by Gasteiger charge is 2.32. The van der Waals surface area contributed by atoms with Gasteiger partial charge in [-0.3, -0.25) is 4.90 Å². The largest absolute Gasteiger partial charge is 0.424 e. The van der Waals surface area contributed by atoms with E-state index in [1.165, 1.54) is 22.5 Å². The monoisotopic (exact) mass is 418 g/mol. The number of nitrogens with zero attached hydrogens (tertiary/aromatic N) is 4. The maximum absolute atomic E-state index is 12.8. The van der Waals surface area contributed by atoms with Crippen LogP contribution in [0.15, 0.2) is 27.5 Å². The van der Waals surface area contributed by atoms with Gasteiger partial charge in [0, 0.05) is 32.6 Å². The van der Waals surface area contributed by atoms with Gasteiger partial charge in [-0.1, -0.05) is 30.1 Å². The molecule has 1 aromatic heterocycles. The van der Waals surface area contributed by atoms with Gasteiger partial charge in [-0.25, -0.2) is 8.42 Å². The van der Waals surface area contributed by atoms with Crippen LogP contribution in [0.2, 0.25) is 10.0 Å². The molecule has 1 saturated heterocycles. The summed E-state index contributed by atoms with van der Waals surface area (Å²) in [5.41, 5.74) is 0. The molecular weight excluding hydrogens is 399 g/mol. The van der Waals surface area contributed by atoms with Gasteiger partial charge in [-0.05, 0) is 25.1 Å². The molecule has 1 unspecified atom stereocenters. The van der Waals surface area contributed by atoms with Crippen molar-refractivity contribution in [2.24, 2.45) is 0 Å². The van der Waals surface area contributed by atoms with E-state index in [1.807, 2.05) is 13.8 Å². The lowest BCUT2D eigenvalue weighted by Gasteiger charge is -2.36. The zero-order valence-corrected chi connectivity index (χ0v) is 16.9. The average molecular weight is 419 g/mol. The fourth-order valence-corrected chi connectivity index (χ4v) is 4.66. The van der Waals surface area contributed by atoms with Crippen LogP contribution in [0.25, 0.3) is 0 Å². The predicted molar refractivity (Wildman–Crippen MR) is 98.9 cm³/mol. The number of hydrogen-bond acceptors (Lipinski definition) is 6. The first-order valence-electron chi connectivity index (χ1n) is 8.34. The van der Waals surface area contributed by atoms with Crippen LogP contribution in [0.5, 0.6) is 0 Å². The van der Waals surface area contributed by atoms with E-state index in [9.17, 15) is 8.42 Å². The van der Waals surface area contributed by atoms with Gasteiger partial charge in [0.15, 0.2) is 0 Å². The molecule has 3 rings (SSSR count). The van der Waals surface area contributed by atoms with Crippen molar-refractivity contribution in [1.29, 1.82) is 0 Å². The Morgan fingerprint density at radius 3 is 2.42 bits per heavy atom. The smallest absolute Gasteiger partial charge is 0.243 e. The summed E-state index contributed by atoms with van der Waals surface area (Å²) in [6.07, 6.45) is 0.690. The molecule has 2 heterocycles. The van der Waals surface area contributed by atoms with Crippen molar-refractivity contribution in [3.8, 4) is 0 Å². The summed E-state index contributed by atoms with van der Waals surface area (Å²) >= 11 is 11.8. The van der Waals surface area contributed by atoms with E-state index in [0.29, 0.717) is 49.4 Å². The number of rotatable bonds is 5. The standard InChI is InChI=1S/C16H20Cl2N4O3S/c1-3-15-19-20-16(25-15)11(2)21-6-8-22(9-7-21)26(23,24)12-4-5-13(17)14(18)10-12/h4-5,10-11H,3,6-9H2,1-2H3. The van der Waals surface area contributed by atoms with Gasteiger partial charge in [0.1, 0.15) is 0 Å². The number of piperazine rings is 1. The molecule has 1 atom stereocenters. The highest BCUT2D eigenvalue weighted by Crippen LogP contribution is 2.28. The molecule has 0 bridgehead atoms. The minimum atomic E-state index is -3.60. The molecular formula is C16H20Cl2N4O3S. The zero-order chi connectivity index (χ0) is 18.9. The second kappa shape index (κ2) is 7.82. The minimum absolute atomic E-state index is 0.0577. The average Bonchev–Trinajstić information content (AvgIpc) is 3.12. The second-order valence-electron chi connectivity index (χ2n) is 6.08. The van der Waals surface area contributed by atoms with Crippen LogP contribution in [0.1, 0.15) is 31.7 Å². The molecule has 26 heavy (non-hydrogen) atoms. The van der Waals surface area contributed by atoms with E-state index in [0.717, 1.165) is 0 Å². The van der Waals surface area contributed by atoms with Crippen molar-refractivity contribution in [3.63, 3.8) is 0 Å². The normalized spacial score (nSPS) is 18.2. The molecule has 0 N–H and O–H groups in total. The van der Waals surface area contributed by atoms with Crippen LogP contribution in [-0.2, 0) is 16.4 Å². The van der Waals surface area contributed by atoms with Crippen LogP contribution in [0.4, 0.5) is 0 Å². The van der Waals surface area contributed by atoms with Crippen molar-refractivity contribution in [3.05, 3.63) is 40.0 Å². The quantitative estimate of drug-likeness (QED) is 0.742. The van der Waals surface area contributed by atoms with E-state index >= 15 is 0 Å². The van der Waals surface area contributed by atoms with Crippen molar-refractivity contribution in [2.75, 3.05) is 26.2 Å². The van der Waals surface area contributed by atoms with Gasteiger partial charge >= 0.3 is 0 Å². The van der Waals surface area contributed by atoms with Crippen molar-refractivity contribution < 1.29 is 12.8 Å². The first-order chi connectivity index (χ1) is 12.3. The Bertz CT molecular complexity index is 879. The summed E-state index contributed by atoms with van der Waals surface area (Å²) in [5.74, 6) is 1.16. The Labute approximate surface area is 162 Å². The SMILES string of the molecule is CCc1nnc(C(C)N2CCN(S(=O)(=O)c3ccc(Cl)c(Cl)c3)CC2)o1. The molecule has 0 radical (unpaired) electrons. The van der Waals surface area contributed by atoms with Crippen LogP contribution in [0, 0.1) is 0 Å². The maximum Gasteiger partial charge on any atom is 0.243 e. The number of benzene rings is 1. The van der Waals surface area contributed by atoms with Gasteiger partial charge in [-0.15, -0.1) is 10.2 Å². The number of sulfonamides is 1. The number of aryl methyl sites for hydroxylation is 1. The Kier molecular flexibility index (Phi) is 5.88. The maximum atomic E-state index is 12.8. The van der Waals surface area contributed by atoms with Crippen LogP contribution < -0.4 is 0 Å². The molecule has 0 amide bonds. The molecule has 1 aromatic carbocycles. The molecule has 2 aromatic rings. The van der Waals surface area contributed by atoms with Gasteiger partial charge in [0.2, 0.25) is 21.8 Å². The Morgan fingerprint density at radius 1 is 1.15 bits per heavy atom. The first kappa shape index (κ1) is 19.6. The van der Waals surface area contributed by atoms with Crippen molar-refractivity contribution >= 4 is 33.2 Å². The van der Waals surface area contributed by atoms with Gasteiger partial charge in [0.05, 0.1) is 21.0 Å². The summed E-state index contributed by atoms with van der Waals surface area (Å²) in [6, 6.07) is 4.30. The molecule has 0 spiro atoms. The van der Waals surface area contributed by atoms with Crippen molar-refractivity contribution in [2.45, 2.75) is 31.2 Å². The van der Waals surface area contributed by atoms with Gasteiger partial charge in [-0.2, -0.15) is 4.31 Å². The Balaban J connectivity index is 1.68. The minimum Gasteiger partial charge on any atom is -0.424 e. The molecule has 10 heteroatoms.